The van der Waals surface area contributed by atoms with Gasteiger partial charge in [-0.3, -0.25) is 0 Å². The molecule has 3 fully saturated rings. The first kappa shape index (κ1) is 23.1. The second-order valence-corrected chi connectivity index (χ2v) is 10.5. The van der Waals surface area contributed by atoms with E-state index in [1.54, 1.807) is 18.1 Å². The van der Waals surface area contributed by atoms with Crippen LogP contribution in [0.5, 0.6) is 0 Å². The van der Waals surface area contributed by atoms with Gasteiger partial charge in [0, 0.05) is 19.4 Å². The van der Waals surface area contributed by atoms with E-state index >= 15 is 4.39 Å². The van der Waals surface area contributed by atoms with Gasteiger partial charge < -0.3 is 28.3 Å². The van der Waals surface area contributed by atoms with E-state index in [0.717, 1.165) is 73.1 Å². The van der Waals surface area contributed by atoms with Crippen LogP contribution in [0.4, 0.5) is 4.39 Å². The van der Waals surface area contributed by atoms with E-state index in [-0.39, 0.29) is 12.9 Å². The highest BCUT2D eigenvalue weighted by molar-refractivity contribution is 7.99. The molecule has 0 aromatic carbocycles. The standard InChI is InChI=1S/C24H32FN3O5S/c25-20-21(33-18-8-2-4-10-30-18)16(13-31-17-7-1-3-9-29-17)32-24(20)28-12-15-6-5-11-34-23-19(15)22(28)26-14-27-23/h12,14,16-18,20-21,24H,1-11,13H2/t16-,17?,18?,20-,21?,24?/m1/s1. The number of ether oxygens (including phenoxy) is 5. The molecule has 8 nitrogen and oxygen atoms in total. The molecule has 4 aliphatic heterocycles. The number of halogens is 1. The predicted octanol–water partition coefficient (Wildman–Crippen LogP) is 4.16. The molecule has 2 aromatic heterocycles. The van der Waals surface area contributed by atoms with Crippen LogP contribution in [0.25, 0.3) is 11.0 Å². The molecule has 0 amide bonds. The third kappa shape index (κ3) is 4.60. The van der Waals surface area contributed by atoms with Crippen LogP contribution in [0, 0.1) is 0 Å². The van der Waals surface area contributed by atoms with Crippen molar-refractivity contribution in [3.05, 3.63) is 18.1 Å². The van der Waals surface area contributed by atoms with Crippen LogP contribution in [-0.2, 0) is 30.1 Å². The molecule has 6 atom stereocenters. The topological polar surface area (TPSA) is 76.9 Å². The number of hydrogen-bond acceptors (Lipinski definition) is 8. The van der Waals surface area contributed by atoms with E-state index in [1.165, 1.54) is 0 Å². The van der Waals surface area contributed by atoms with Gasteiger partial charge in [-0.1, -0.05) is 0 Å². The van der Waals surface area contributed by atoms with Crippen molar-refractivity contribution < 1.29 is 28.1 Å². The van der Waals surface area contributed by atoms with Crippen LogP contribution in [-0.4, -0.2) is 71.1 Å². The Labute approximate surface area is 202 Å². The van der Waals surface area contributed by atoms with E-state index in [9.17, 15) is 0 Å². The lowest BCUT2D eigenvalue weighted by Gasteiger charge is -2.29. The first-order chi connectivity index (χ1) is 16.8. The molecule has 4 unspecified atom stereocenters. The van der Waals surface area contributed by atoms with Crippen LogP contribution in [0.3, 0.4) is 0 Å². The molecule has 0 radical (unpaired) electrons. The number of aromatic nitrogens is 3. The number of nitrogens with zero attached hydrogens (tertiary/aromatic N) is 3. The Morgan fingerprint density at radius 2 is 1.88 bits per heavy atom. The maximum atomic E-state index is 16.1. The van der Waals surface area contributed by atoms with Gasteiger partial charge in [0.2, 0.25) is 0 Å². The van der Waals surface area contributed by atoms with E-state index in [4.69, 9.17) is 23.7 Å². The molecule has 3 saturated heterocycles. The number of hydrogen-bond donors (Lipinski definition) is 0. The predicted molar refractivity (Wildman–Crippen MR) is 123 cm³/mol. The summed E-state index contributed by atoms with van der Waals surface area (Å²) in [5.41, 5.74) is 1.86. The first-order valence-corrected chi connectivity index (χ1v) is 13.5. The van der Waals surface area contributed by atoms with Gasteiger partial charge in [-0.05, 0) is 62.7 Å². The minimum Gasteiger partial charge on any atom is -0.353 e. The Hall–Kier alpha value is -1.30. The lowest BCUT2D eigenvalue weighted by molar-refractivity contribution is -0.220. The molecule has 34 heavy (non-hydrogen) atoms. The van der Waals surface area contributed by atoms with Crippen LogP contribution in [0.15, 0.2) is 17.6 Å². The fraction of sp³-hybridized carbons (Fsp3) is 0.750. The second kappa shape index (κ2) is 10.4. The maximum absolute atomic E-state index is 16.1. The molecular weight excluding hydrogens is 461 g/mol. The largest absolute Gasteiger partial charge is 0.353 e. The van der Waals surface area contributed by atoms with Gasteiger partial charge in [0.05, 0.1) is 12.0 Å². The van der Waals surface area contributed by atoms with Crippen molar-refractivity contribution in [2.24, 2.45) is 0 Å². The van der Waals surface area contributed by atoms with Crippen molar-refractivity contribution in [2.75, 3.05) is 25.6 Å². The monoisotopic (exact) mass is 493 g/mol. The van der Waals surface area contributed by atoms with Crippen molar-refractivity contribution in [2.45, 2.75) is 93.6 Å². The van der Waals surface area contributed by atoms with Crippen molar-refractivity contribution in [1.82, 2.24) is 14.5 Å². The molecule has 0 aliphatic carbocycles. The number of aryl methyl sites for hydroxylation is 1. The Bertz CT molecular complexity index is 981. The lowest BCUT2D eigenvalue weighted by Crippen LogP contribution is -2.40. The van der Waals surface area contributed by atoms with Gasteiger partial charge in [0.15, 0.2) is 25.0 Å². The van der Waals surface area contributed by atoms with Crippen molar-refractivity contribution in [3.8, 4) is 0 Å². The highest BCUT2D eigenvalue weighted by Crippen LogP contribution is 2.41. The van der Waals surface area contributed by atoms with Crippen LogP contribution in [0.2, 0.25) is 0 Å². The minimum absolute atomic E-state index is 0.209. The van der Waals surface area contributed by atoms with Gasteiger partial charge in [0.1, 0.15) is 29.2 Å². The summed E-state index contributed by atoms with van der Waals surface area (Å²) in [5.74, 6) is 1.02. The lowest BCUT2D eigenvalue weighted by atomic mass is 10.1. The van der Waals surface area contributed by atoms with Crippen LogP contribution in [0.1, 0.15) is 56.7 Å². The normalized spacial score (nSPS) is 34.4. The van der Waals surface area contributed by atoms with Crippen molar-refractivity contribution in [3.63, 3.8) is 0 Å². The van der Waals surface area contributed by atoms with Gasteiger partial charge in [-0.15, -0.1) is 11.8 Å². The molecule has 0 bridgehead atoms. The molecule has 0 spiro atoms. The van der Waals surface area contributed by atoms with E-state index in [0.29, 0.717) is 18.9 Å². The maximum Gasteiger partial charge on any atom is 0.174 e. The van der Waals surface area contributed by atoms with Crippen molar-refractivity contribution in [1.29, 1.82) is 0 Å². The summed E-state index contributed by atoms with van der Waals surface area (Å²) in [6.45, 7) is 1.54. The zero-order valence-corrected chi connectivity index (χ0v) is 20.1. The Kier molecular flexibility index (Phi) is 7.05. The van der Waals surface area contributed by atoms with Gasteiger partial charge in [0.25, 0.3) is 0 Å². The summed E-state index contributed by atoms with van der Waals surface area (Å²) in [4.78, 5) is 9.00. The highest BCUT2D eigenvalue weighted by Gasteiger charge is 2.49. The molecule has 186 valence electrons. The van der Waals surface area contributed by atoms with Crippen LogP contribution < -0.4 is 0 Å². The van der Waals surface area contributed by atoms with E-state index in [1.807, 2.05) is 10.8 Å². The second-order valence-electron chi connectivity index (χ2n) is 9.43. The summed E-state index contributed by atoms with van der Waals surface area (Å²) in [6.07, 6.45) is 6.97. The summed E-state index contributed by atoms with van der Waals surface area (Å²) < 4.78 is 47.9. The third-order valence-corrected chi connectivity index (χ3v) is 8.13. The molecule has 4 aliphatic rings. The van der Waals surface area contributed by atoms with Crippen molar-refractivity contribution >= 4 is 22.8 Å². The zero-order valence-electron chi connectivity index (χ0n) is 19.3. The Morgan fingerprint density at radius 1 is 1.06 bits per heavy atom. The van der Waals surface area contributed by atoms with Gasteiger partial charge >= 0.3 is 0 Å². The zero-order chi connectivity index (χ0) is 22.9. The number of thioether (sulfide) groups is 1. The average molecular weight is 494 g/mol. The van der Waals surface area contributed by atoms with Gasteiger partial charge in [-0.25, -0.2) is 14.4 Å². The summed E-state index contributed by atoms with van der Waals surface area (Å²) in [5, 5.41) is 1.98. The molecule has 10 heteroatoms. The van der Waals surface area contributed by atoms with E-state index < -0.39 is 30.9 Å². The highest BCUT2D eigenvalue weighted by atomic mass is 32.2. The molecule has 6 rings (SSSR count). The minimum atomic E-state index is -1.39. The smallest absolute Gasteiger partial charge is 0.174 e. The molecule has 0 saturated carbocycles. The Balaban J connectivity index is 1.26. The summed E-state index contributed by atoms with van der Waals surface area (Å²) >= 11 is 1.73. The third-order valence-electron chi connectivity index (χ3n) is 7.05. The van der Waals surface area contributed by atoms with Gasteiger partial charge in [-0.2, -0.15) is 0 Å². The van der Waals surface area contributed by atoms with Crippen LogP contribution >= 0.6 is 11.8 Å². The quantitative estimate of drug-likeness (QED) is 0.556. The molecule has 0 N–H and O–H groups in total. The average Bonchev–Trinajstić information content (AvgIpc) is 3.30. The fourth-order valence-corrected chi connectivity index (χ4v) is 6.28. The first-order valence-electron chi connectivity index (χ1n) is 12.5. The van der Waals surface area contributed by atoms with E-state index in [2.05, 4.69) is 9.97 Å². The SMILES string of the molecule is F[C@@H]1C(OC2CCCCO2)[C@@H](COC2CCCCO2)OC1n1cc2c3c(ncnc31)SCCC2. The number of rotatable bonds is 6. The summed E-state index contributed by atoms with van der Waals surface area (Å²) in [7, 11) is 0. The summed E-state index contributed by atoms with van der Waals surface area (Å²) in [6, 6.07) is 0. The molecule has 2 aromatic rings. The fourth-order valence-electron chi connectivity index (χ4n) is 5.31. The number of alkyl halides is 1. The molecular formula is C24H32FN3O5S. The molecule has 6 heterocycles. The Morgan fingerprint density at radius 3 is 2.68 bits per heavy atom.